The van der Waals surface area contributed by atoms with Crippen molar-refractivity contribution in [2.24, 2.45) is 5.73 Å². The SMILES string of the molecule is [2H]c1cccc(-c2c([2H])c([2H])c(O[13c]3[13cH][13cH][13c]([13CH2][13C@H](N)[13C](=O)O)[13cH][13c]3[N+](=O)[O-])c([2H])c2[2H])c1Cl. The lowest BCUT2D eigenvalue weighted by Gasteiger charge is -2.10. The van der Waals surface area contributed by atoms with E-state index >= 15 is 0 Å². The van der Waals surface area contributed by atoms with Gasteiger partial charge in [-0.1, -0.05) is 48.0 Å². The third kappa shape index (κ3) is 4.90. The summed E-state index contributed by atoms with van der Waals surface area (Å²) in [4.78, 5) is 21.8. The Hall–Kier alpha value is -3.42. The van der Waals surface area contributed by atoms with Crippen molar-refractivity contribution < 1.29 is 26.4 Å². The van der Waals surface area contributed by atoms with Crippen LogP contribution in [0.25, 0.3) is 11.1 Å². The van der Waals surface area contributed by atoms with Crippen LogP contribution >= 0.6 is 11.6 Å². The third-order valence-electron chi connectivity index (χ3n) is 3.88. The van der Waals surface area contributed by atoms with Crippen LogP contribution in [0.1, 0.15) is 12.4 Å². The largest absolute Gasteiger partial charge is 0.480 e. The lowest BCUT2D eigenvalue weighted by atomic mass is 10.1. The molecule has 1 atom stereocenters. The molecule has 3 aromatic rings. The maximum Gasteiger partial charge on any atom is 0.320 e. The average Bonchev–Trinajstić information content (AvgIpc) is 2.78. The number of ether oxygens (including phenoxy) is 1. The molecular weight excluding hydrogens is 405 g/mol. The molecule has 0 aliphatic heterocycles. The topological polar surface area (TPSA) is 116 Å². The molecule has 7 nitrogen and oxygen atoms in total. The number of carboxylic acids is 1. The van der Waals surface area contributed by atoms with Crippen LogP contribution in [0.15, 0.2) is 66.6 Å². The second kappa shape index (κ2) is 8.72. The van der Waals surface area contributed by atoms with E-state index in [1.807, 2.05) is 0 Å². The molecular formula is C21H17ClN2O5. The highest BCUT2D eigenvalue weighted by Gasteiger charge is 2.19. The lowest BCUT2D eigenvalue weighted by molar-refractivity contribution is -0.385. The predicted octanol–water partition coefficient (Wildman–Crippen LogP) is 4.66. The molecule has 8 heteroatoms. The number of hydrogen-bond acceptors (Lipinski definition) is 5. The highest BCUT2D eigenvalue weighted by atomic mass is 35.5. The van der Waals surface area contributed by atoms with Crippen molar-refractivity contribution in [1.29, 1.82) is 0 Å². The number of rotatable bonds is 7. The fraction of sp³-hybridized carbons (Fsp3) is 0.0952. The molecule has 0 radical (unpaired) electrons. The zero-order valence-corrected chi connectivity index (χ0v) is 15.5. The van der Waals surface area contributed by atoms with Crippen LogP contribution in [0.3, 0.4) is 0 Å². The maximum absolute atomic E-state index is 11.6. The Balaban J connectivity index is 2.09. The van der Waals surface area contributed by atoms with Crippen molar-refractivity contribution >= 4 is 23.3 Å². The normalized spacial score (nSPS) is 14.1. The molecule has 0 amide bonds. The van der Waals surface area contributed by atoms with Gasteiger partial charge in [0.25, 0.3) is 0 Å². The Labute approximate surface area is 178 Å². The fourth-order valence-corrected chi connectivity index (χ4v) is 2.69. The van der Waals surface area contributed by atoms with Gasteiger partial charge in [0.1, 0.15) is 11.8 Å². The summed E-state index contributed by atoms with van der Waals surface area (Å²) in [6.07, 6.45) is -0.178. The van der Waals surface area contributed by atoms with E-state index in [9.17, 15) is 14.9 Å². The first-order valence-electron chi connectivity index (χ1n) is 10.7. The summed E-state index contributed by atoms with van der Waals surface area (Å²) < 4.78 is 46.6. The highest BCUT2D eigenvalue weighted by molar-refractivity contribution is 6.33. The molecule has 0 bridgehead atoms. The first-order chi connectivity index (χ1) is 15.9. The summed E-state index contributed by atoms with van der Waals surface area (Å²) in [5.41, 5.74) is 5.15. The number of nitrogens with two attached hydrogens (primary N) is 1. The zero-order valence-electron chi connectivity index (χ0n) is 19.7. The Morgan fingerprint density at radius 3 is 2.62 bits per heavy atom. The van der Waals surface area contributed by atoms with Crippen molar-refractivity contribution in [3.8, 4) is 22.6 Å². The molecule has 148 valence electrons. The molecule has 0 saturated heterocycles. The number of benzene rings is 3. The fourth-order valence-electron chi connectivity index (χ4n) is 2.47. The molecule has 0 heterocycles. The summed E-state index contributed by atoms with van der Waals surface area (Å²) in [6.45, 7) is 0. The second-order valence-electron chi connectivity index (χ2n) is 5.91. The van der Waals surface area contributed by atoms with Gasteiger partial charge in [0.15, 0.2) is 0 Å². The molecule has 0 fully saturated rings. The number of nitro benzene ring substituents is 1. The van der Waals surface area contributed by atoms with Crippen LogP contribution < -0.4 is 10.5 Å². The van der Waals surface area contributed by atoms with Gasteiger partial charge in [-0.05, 0) is 41.7 Å². The Morgan fingerprint density at radius 2 is 1.97 bits per heavy atom. The van der Waals surface area contributed by atoms with Crippen molar-refractivity contribution in [3.63, 3.8) is 0 Å². The zero-order chi connectivity index (χ0) is 25.3. The van der Waals surface area contributed by atoms with Gasteiger partial charge in [-0.25, -0.2) is 0 Å². The summed E-state index contributed by atoms with van der Waals surface area (Å²) in [5, 5.41) is 20.5. The van der Waals surface area contributed by atoms with Gasteiger partial charge in [-0.2, -0.15) is 0 Å². The van der Waals surface area contributed by atoms with Crippen LogP contribution in [0, 0.1) is 10.1 Å². The van der Waals surface area contributed by atoms with Crippen molar-refractivity contribution in [2.45, 2.75) is 12.5 Å². The van der Waals surface area contributed by atoms with Crippen LogP contribution in [-0.4, -0.2) is 22.0 Å². The van der Waals surface area contributed by atoms with E-state index in [-0.39, 0.29) is 39.9 Å². The highest BCUT2D eigenvalue weighted by Crippen LogP contribution is 2.34. The molecule has 29 heavy (non-hydrogen) atoms. The molecule has 0 saturated carbocycles. The van der Waals surface area contributed by atoms with E-state index in [4.69, 9.17) is 34.0 Å². The number of carboxylic acid groups (broad SMARTS) is 1. The van der Waals surface area contributed by atoms with Gasteiger partial charge in [-0.15, -0.1) is 0 Å². The quantitative estimate of drug-likeness (QED) is 0.322. The molecule has 0 spiro atoms. The standard InChI is InChI=1S/C21H17ClN2O5/c22-17-4-2-1-3-16(17)14-6-8-15(9-7-14)29-20-10-5-13(11-18(23)21(25)26)12-19(20)24(27)28/h1-10,12,18H,11,23H2,(H,25,26)/t18-/m0/s1/i4D,5+1,6D,7D,8D,9D,10+1,11+1,12+1,13+1,18+1,19+1,20+1,21+1. The predicted molar refractivity (Wildman–Crippen MR) is 109 cm³/mol. The molecule has 0 aromatic heterocycles. The minimum absolute atomic E-state index is 0.0530. The number of halogens is 1. The van der Waals surface area contributed by atoms with Gasteiger partial charge >= 0.3 is 11.7 Å². The average molecular weight is 427 g/mol. The number of nitrogens with zero attached hydrogens (tertiary/aromatic N) is 1. The van der Waals surface area contributed by atoms with E-state index in [1.54, 1.807) is 0 Å². The van der Waals surface area contributed by atoms with Crippen LogP contribution in [0.5, 0.6) is 11.5 Å². The first-order valence-corrected chi connectivity index (χ1v) is 8.61. The maximum atomic E-state index is 11.6. The molecule has 0 aliphatic carbocycles. The molecule has 0 aliphatic rings. The van der Waals surface area contributed by atoms with E-state index in [2.05, 4.69) is 0 Å². The Morgan fingerprint density at radius 1 is 1.24 bits per heavy atom. The number of aliphatic carboxylic acids is 1. The number of nitro groups is 1. The summed E-state index contributed by atoms with van der Waals surface area (Å²) in [7, 11) is 0. The first kappa shape index (κ1) is 14.6. The molecule has 3 N–H and O–H groups in total. The summed E-state index contributed by atoms with van der Waals surface area (Å²) in [6, 6.07) is 4.40. The monoisotopic (exact) mass is 426 g/mol. The van der Waals surface area contributed by atoms with Crippen molar-refractivity contribution in [1.82, 2.24) is 0 Å². The third-order valence-corrected chi connectivity index (χ3v) is 4.19. The number of hydrogen-bond donors (Lipinski definition) is 2. The summed E-state index contributed by atoms with van der Waals surface area (Å²) >= 11 is 6.14. The summed E-state index contributed by atoms with van der Waals surface area (Å²) in [5.74, 6) is -2.19. The van der Waals surface area contributed by atoms with Crippen LogP contribution in [0.2, 0.25) is 5.02 Å². The van der Waals surface area contributed by atoms with Gasteiger partial charge in [0, 0.05) is 16.7 Å². The minimum atomic E-state index is -1.28. The van der Waals surface area contributed by atoms with Gasteiger partial charge in [0.2, 0.25) is 5.75 Å². The van der Waals surface area contributed by atoms with E-state index in [0.29, 0.717) is 0 Å². The Kier molecular flexibility index (Phi) is 4.38. The van der Waals surface area contributed by atoms with Crippen molar-refractivity contribution in [3.05, 3.63) is 87.3 Å². The van der Waals surface area contributed by atoms with Crippen LogP contribution in [0.4, 0.5) is 5.69 Å². The van der Waals surface area contributed by atoms with Crippen molar-refractivity contribution in [2.75, 3.05) is 0 Å². The molecule has 3 aromatic carbocycles. The van der Waals surface area contributed by atoms with E-state index in [0.717, 1.165) is 6.07 Å². The lowest BCUT2D eigenvalue weighted by Crippen LogP contribution is -2.32. The van der Waals surface area contributed by atoms with E-state index in [1.165, 1.54) is 30.3 Å². The van der Waals surface area contributed by atoms with Gasteiger partial charge in [0.05, 0.1) is 11.8 Å². The number of carbonyl (C=O) groups is 1. The molecule has 3 rings (SSSR count). The van der Waals surface area contributed by atoms with E-state index < -0.39 is 52.5 Å². The minimum Gasteiger partial charge on any atom is -0.480 e. The molecule has 0 unspecified atom stereocenters. The van der Waals surface area contributed by atoms with Gasteiger partial charge < -0.3 is 15.6 Å². The Bertz CT molecular complexity index is 1290. The second-order valence-corrected chi connectivity index (χ2v) is 6.29. The van der Waals surface area contributed by atoms with Crippen LogP contribution in [-0.2, 0) is 11.2 Å². The van der Waals surface area contributed by atoms with Gasteiger partial charge in [-0.3, -0.25) is 14.9 Å². The smallest absolute Gasteiger partial charge is 0.320 e.